The minimum atomic E-state index is -0.757. The first-order valence-corrected chi connectivity index (χ1v) is 9.21. The Labute approximate surface area is 148 Å². The van der Waals surface area contributed by atoms with Gasteiger partial charge in [0.05, 0.1) is 18.6 Å². The molecule has 5 heteroatoms. The fourth-order valence-corrected chi connectivity index (χ4v) is 4.44. The molecule has 25 heavy (non-hydrogen) atoms. The van der Waals surface area contributed by atoms with Crippen LogP contribution in [0.4, 0.5) is 0 Å². The average molecular weight is 342 g/mol. The normalized spacial score (nSPS) is 30.1. The first kappa shape index (κ1) is 16.6. The van der Waals surface area contributed by atoms with Crippen molar-refractivity contribution in [2.45, 2.75) is 44.2 Å². The minimum absolute atomic E-state index is 0.00401. The molecule has 3 heterocycles. The van der Waals surface area contributed by atoms with Crippen LogP contribution in [0.5, 0.6) is 0 Å². The number of hydrogen-bond acceptors (Lipinski definition) is 3. The van der Waals surface area contributed by atoms with Crippen molar-refractivity contribution in [1.29, 1.82) is 0 Å². The predicted molar refractivity (Wildman–Crippen MR) is 96.3 cm³/mol. The third-order valence-corrected chi connectivity index (χ3v) is 5.95. The van der Waals surface area contributed by atoms with E-state index < -0.39 is 5.60 Å². The summed E-state index contributed by atoms with van der Waals surface area (Å²) < 4.78 is 5.62. The van der Waals surface area contributed by atoms with Crippen molar-refractivity contribution in [2.75, 3.05) is 19.8 Å². The van der Waals surface area contributed by atoms with E-state index in [1.54, 1.807) is 0 Å². The molecule has 0 bridgehead atoms. The number of carbonyl (C=O) groups is 1. The third kappa shape index (κ3) is 3.07. The SMILES string of the molecule is C[C@]1(O)CCOC[C@H]1[C@@H]1CCCN1C(=O)Cc1c[nH]c2ccccc12. The summed E-state index contributed by atoms with van der Waals surface area (Å²) in [5, 5.41) is 11.9. The number of ether oxygens (including phenoxy) is 1. The molecule has 0 saturated carbocycles. The van der Waals surface area contributed by atoms with Crippen molar-refractivity contribution < 1.29 is 14.6 Å². The first-order chi connectivity index (χ1) is 12.1. The number of benzene rings is 1. The van der Waals surface area contributed by atoms with Crippen LogP contribution in [0.2, 0.25) is 0 Å². The number of para-hydroxylation sites is 1. The molecule has 2 aliphatic heterocycles. The number of rotatable bonds is 3. The zero-order valence-electron chi connectivity index (χ0n) is 14.7. The quantitative estimate of drug-likeness (QED) is 0.901. The van der Waals surface area contributed by atoms with Crippen molar-refractivity contribution in [3.8, 4) is 0 Å². The minimum Gasteiger partial charge on any atom is -0.390 e. The molecule has 5 nitrogen and oxygen atoms in total. The summed E-state index contributed by atoms with van der Waals surface area (Å²) in [6, 6.07) is 8.15. The Hall–Kier alpha value is -1.85. The highest BCUT2D eigenvalue weighted by Gasteiger charge is 2.45. The number of amides is 1. The predicted octanol–water partition coefficient (Wildman–Crippen LogP) is 2.49. The monoisotopic (exact) mass is 342 g/mol. The topological polar surface area (TPSA) is 65.6 Å². The zero-order chi connectivity index (χ0) is 17.4. The lowest BCUT2D eigenvalue weighted by molar-refractivity contribution is -0.144. The smallest absolute Gasteiger partial charge is 0.227 e. The lowest BCUT2D eigenvalue weighted by Gasteiger charge is -2.43. The second-order valence-electron chi connectivity index (χ2n) is 7.62. The molecule has 3 atom stereocenters. The molecule has 2 N–H and O–H groups in total. The van der Waals surface area contributed by atoms with Gasteiger partial charge in [-0.25, -0.2) is 0 Å². The number of H-pyrrole nitrogens is 1. The Morgan fingerprint density at radius 1 is 1.44 bits per heavy atom. The molecule has 0 aliphatic carbocycles. The lowest BCUT2D eigenvalue weighted by Crippen LogP contribution is -2.53. The van der Waals surface area contributed by atoms with Crippen molar-refractivity contribution in [3.05, 3.63) is 36.0 Å². The fraction of sp³-hybridized carbons (Fsp3) is 0.550. The summed E-state index contributed by atoms with van der Waals surface area (Å²) >= 11 is 0. The van der Waals surface area contributed by atoms with Gasteiger partial charge in [0.25, 0.3) is 0 Å². The molecule has 0 spiro atoms. The highest BCUT2D eigenvalue weighted by Crippen LogP contribution is 2.36. The van der Waals surface area contributed by atoms with Gasteiger partial charge < -0.3 is 19.7 Å². The van der Waals surface area contributed by atoms with Gasteiger partial charge >= 0.3 is 0 Å². The molecule has 2 fully saturated rings. The zero-order valence-corrected chi connectivity index (χ0v) is 14.7. The first-order valence-electron chi connectivity index (χ1n) is 9.21. The van der Waals surface area contributed by atoms with Gasteiger partial charge in [-0.05, 0) is 37.8 Å². The van der Waals surface area contributed by atoms with Crippen LogP contribution in [0.25, 0.3) is 10.9 Å². The van der Waals surface area contributed by atoms with Gasteiger partial charge in [-0.2, -0.15) is 0 Å². The number of fused-ring (bicyclic) bond motifs is 1. The van der Waals surface area contributed by atoms with Crippen molar-refractivity contribution in [2.24, 2.45) is 5.92 Å². The Kier molecular flexibility index (Phi) is 4.29. The van der Waals surface area contributed by atoms with Crippen LogP contribution in [0.1, 0.15) is 31.7 Å². The largest absolute Gasteiger partial charge is 0.390 e. The van der Waals surface area contributed by atoms with E-state index in [2.05, 4.69) is 11.1 Å². The number of aliphatic hydroxyl groups is 1. The van der Waals surface area contributed by atoms with E-state index in [1.165, 1.54) is 0 Å². The molecule has 1 amide bonds. The highest BCUT2D eigenvalue weighted by molar-refractivity contribution is 5.89. The Balaban J connectivity index is 1.53. The van der Waals surface area contributed by atoms with Crippen LogP contribution in [0, 0.1) is 5.92 Å². The number of aromatic nitrogens is 1. The van der Waals surface area contributed by atoms with Gasteiger partial charge in [0.1, 0.15) is 0 Å². The van der Waals surface area contributed by atoms with Gasteiger partial charge in [0.2, 0.25) is 5.91 Å². The van der Waals surface area contributed by atoms with Crippen LogP contribution in [0.3, 0.4) is 0 Å². The van der Waals surface area contributed by atoms with Crippen LogP contribution in [0.15, 0.2) is 30.5 Å². The van der Waals surface area contributed by atoms with E-state index in [0.717, 1.165) is 35.9 Å². The molecular formula is C20H26N2O3. The number of hydrogen-bond donors (Lipinski definition) is 2. The Morgan fingerprint density at radius 3 is 3.12 bits per heavy atom. The molecule has 4 rings (SSSR count). The second kappa shape index (κ2) is 6.46. The number of aromatic amines is 1. The lowest BCUT2D eigenvalue weighted by atomic mass is 9.79. The molecule has 1 aromatic heterocycles. The summed E-state index contributed by atoms with van der Waals surface area (Å²) in [6.07, 6.45) is 4.92. The molecule has 2 aliphatic rings. The number of nitrogens with one attached hydrogen (secondary N) is 1. The summed E-state index contributed by atoms with van der Waals surface area (Å²) in [5.41, 5.74) is 1.34. The van der Waals surface area contributed by atoms with E-state index in [4.69, 9.17) is 4.74 Å². The van der Waals surface area contributed by atoms with Gasteiger partial charge in [0, 0.05) is 42.2 Å². The van der Waals surface area contributed by atoms with Crippen LogP contribution < -0.4 is 0 Å². The number of carbonyl (C=O) groups excluding carboxylic acids is 1. The van der Waals surface area contributed by atoms with Gasteiger partial charge in [-0.3, -0.25) is 4.79 Å². The Morgan fingerprint density at radius 2 is 2.28 bits per heavy atom. The molecule has 0 radical (unpaired) electrons. The standard InChI is InChI=1S/C20H26N2O3/c1-20(24)8-10-25-13-16(20)18-7-4-9-22(18)19(23)11-14-12-21-17-6-3-2-5-15(14)17/h2-3,5-6,12,16,18,21,24H,4,7-11,13H2,1H3/t16-,18-,20-/m0/s1. The maximum atomic E-state index is 13.0. The van der Waals surface area contributed by atoms with E-state index in [0.29, 0.717) is 26.1 Å². The summed E-state index contributed by atoms with van der Waals surface area (Å²) in [6.45, 7) is 3.80. The number of nitrogens with zero attached hydrogens (tertiary/aromatic N) is 1. The van der Waals surface area contributed by atoms with Crippen LogP contribution in [-0.4, -0.2) is 52.3 Å². The molecule has 134 valence electrons. The maximum Gasteiger partial charge on any atom is 0.227 e. The van der Waals surface area contributed by atoms with Crippen molar-refractivity contribution in [1.82, 2.24) is 9.88 Å². The van der Waals surface area contributed by atoms with E-state index >= 15 is 0 Å². The number of likely N-dealkylation sites (tertiary alicyclic amines) is 1. The molecule has 1 aromatic carbocycles. The summed E-state index contributed by atoms with van der Waals surface area (Å²) in [4.78, 5) is 18.2. The third-order valence-electron chi connectivity index (χ3n) is 5.95. The molecule has 0 unspecified atom stereocenters. The van der Waals surface area contributed by atoms with E-state index in [9.17, 15) is 9.90 Å². The average Bonchev–Trinajstić information content (AvgIpc) is 3.22. The van der Waals surface area contributed by atoms with Crippen LogP contribution in [-0.2, 0) is 16.0 Å². The van der Waals surface area contributed by atoms with Crippen molar-refractivity contribution >= 4 is 16.8 Å². The van der Waals surface area contributed by atoms with Gasteiger partial charge in [-0.1, -0.05) is 18.2 Å². The van der Waals surface area contributed by atoms with E-state index in [1.807, 2.05) is 36.2 Å². The summed E-state index contributed by atoms with van der Waals surface area (Å²) in [5.74, 6) is 0.143. The fourth-order valence-electron chi connectivity index (χ4n) is 4.44. The highest BCUT2D eigenvalue weighted by atomic mass is 16.5. The second-order valence-corrected chi connectivity index (χ2v) is 7.62. The molecule has 2 saturated heterocycles. The van der Waals surface area contributed by atoms with Gasteiger partial charge in [0.15, 0.2) is 0 Å². The van der Waals surface area contributed by atoms with E-state index in [-0.39, 0.29) is 17.9 Å². The van der Waals surface area contributed by atoms with Crippen molar-refractivity contribution in [3.63, 3.8) is 0 Å². The maximum absolute atomic E-state index is 13.0. The summed E-state index contributed by atoms with van der Waals surface area (Å²) in [7, 11) is 0. The molecule has 2 aromatic rings. The Bertz CT molecular complexity index is 767. The molecular weight excluding hydrogens is 316 g/mol. The van der Waals surface area contributed by atoms with Crippen LogP contribution >= 0.6 is 0 Å². The van der Waals surface area contributed by atoms with Gasteiger partial charge in [-0.15, -0.1) is 0 Å².